The average molecular weight is 443 g/mol. The van der Waals surface area contributed by atoms with Crippen LogP contribution in [0.5, 0.6) is 11.5 Å². The number of carbonyl (C=O) groups excluding carboxylic acids is 1. The van der Waals surface area contributed by atoms with Gasteiger partial charge in [0.2, 0.25) is 5.91 Å². The molecule has 3 aromatic carbocycles. The molecule has 6 heteroatoms. The molecule has 0 aliphatic carbocycles. The number of fused-ring (bicyclic) bond motifs is 1. The zero-order valence-electron chi connectivity index (χ0n) is 18.7. The van der Waals surface area contributed by atoms with Crippen LogP contribution in [-0.4, -0.2) is 24.7 Å². The molecule has 4 aromatic rings. The Hall–Kier alpha value is -4.06. The van der Waals surface area contributed by atoms with Crippen molar-refractivity contribution in [1.82, 2.24) is 4.57 Å². The van der Waals surface area contributed by atoms with Crippen molar-refractivity contribution in [2.75, 3.05) is 19.5 Å². The molecule has 1 aromatic heterocycles. The molecule has 0 fully saturated rings. The first-order valence-electron chi connectivity index (χ1n) is 10.8. The molecule has 6 nitrogen and oxygen atoms in total. The third-order valence-corrected chi connectivity index (χ3v) is 5.59. The maximum Gasteiger partial charge on any atom is 0.254 e. The quantitative estimate of drug-likeness (QED) is 0.438. The monoisotopic (exact) mass is 442 g/mol. The number of amides is 1. The van der Waals surface area contributed by atoms with E-state index in [1.807, 2.05) is 60.7 Å². The number of anilines is 1. The Labute approximate surface area is 192 Å². The number of methoxy groups -OCH3 is 2. The second kappa shape index (κ2) is 10.0. The van der Waals surface area contributed by atoms with Gasteiger partial charge in [-0.05, 0) is 54.1 Å². The van der Waals surface area contributed by atoms with Crippen molar-refractivity contribution >= 4 is 22.5 Å². The van der Waals surface area contributed by atoms with Crippen LogP contribution in [0.2, 0.25) is 0 Å². The smallest absolute Gasteiger partial charge is 0.254 e. The number of rotatable bonds is 8. The Balaban J connectivity index is 1.68. The van der Waals surface area contributed by atoms with Gasteiger partial charge < -0.3 is 14.8 Å². The number of aromatic nitrogens is 1. The molecule has 33 heavy (non-hydrogen) atoms. The molecule has 0 saturated heterocycles. The lowest BCUT2D eigenvalue weighted by atomic mass is 10.0. The minimum absolute atomic E-state index is 0.125. The molecule has 0 unspecified atom stereocenters. The Morgan fingerprint density at radius 2 is 1.64 bits per heavy atom. The average Bonchev–Trinajstić information content (AvgIpc) is 2.85. The van der Waals surface area contributed by atoms with E-state index in [-0.39, 0.29) is 18.0 Å². The summed E-state index contributed by atoms with van der Waals surface area (Å²) < 4.78 is 12.2. The van der Waals surface area contributed by atoms with Crippen molar-refractivity contribution in [2.45, 2.75) is 19.4 Å². The Morgan fingerprint density at radius 1 is 0.879 bits per heavy atom. The lowest BCUT2D eigenvalue weighted by Gasteiger charge is -2.15. The number of nitrogens with zero attached hydrogens (tertiary/aromatic N) is 1. The number of nitrogens with one attached hydrogen (secondary N) is 1. The molecular formula is C27H26N2O4. The second-order valence-electron chi connectivity index (χ2n) is 7.72. The normalized spacial score (nSPS) is 10.7. The molecule has 0 radical (unpaired) electrons. The van der Waals surface area contributed by atoms with Gasteiger partial charge in [-0.15, -0.1) is 0 Å². The fourth-order valence-corrected chi connectivity index (χ4v) is 3.88. The van der Waals surface area contributed by atoms with Gasteiger partial charge in [0.05, 0.1) is 25.4 Å². The van der Waals surface area contributed by atoms with Crippen LogP contribution in [0.4, 0.5) is 5.69 Å². The molecule has 1 heterocycles. The van der Waals surface area contributed by atoms with Gasteiger partial charge in [-0.1, -0.05) is 42.5 Å². The van der Waals surface area contributed by atoms with E-state index < -0.39 is 0 Å². The summed E-state index contributed by atoms with van der Waals surface area (Å²) in [6.07, 6.45) is 1.32. The van der Waals surface area contributed by atoms with Gasteiger partial charge in [-0.25, -0.2) is 0 Å². The fraction of sp³-hybridized carbons (Fsp3) is 0.185. The summed E-state index contributed by atoms with van der Waals surface area (Å²) in [7, 11) is 3.12. The summed E-state index contributed by atoms with van der Waals surface area (Å²) in [6, 6.07) is 24.7. The highest BCUT2D eigenvalue weighted by atomic mass is 16.5. The third-order valence-electron chi connectivity index (χ3n) is 5.59. The molecule has 1 amide bonds. The molecule has 0 saturated carbocycles. The summed E-state index contributed by atoms with van der Waals surface area (Å²) in [4.78, 5) is 26.4. The molecule has 0 spiro atoms. The highest BCUT2D eigenvalue weighted by Crippen LogP contribution is 2.24. The molecule has 4 rings (SSSR count). The lowest BCUT2D eigenvalue weighted by molar-refractivity contribution is -0.116. The first-order chi connectivity index (χ1) is 16.1. The first kappa shape index (κ1) is 22.1. The van der Waals surface area contributed by atoms with Crippen molar-refractivity contribution in [3.05, 3.63) is 100 Å². The minimum atomic E-state index is -0.314. The van der Waals surface area contributed by atoms with Gasteiger partial charge in [-0.2, -0.15) is 0 Å². The highest BCUT2D eigenvalue weighted by molar-refractivity contribution is 5.93. The van der Waals surface area contributed by atoms with Crippen molar-refractivity contribution in [3.8, 4) is 11.5 Å². The molecule has 0 atom stereocenters. The number of carbonyl (C=O) groups is 1. The molecule has 0 aliphatic rings. The maximum absolute atomic E-state index is 13.4. The molecule has 1 N–H and O–H groups in total. The van der Waals surface area contributed by atoms with Gasteiger partial charge in [-0.3, -0.25) is 14.2 Å². The molecule has 0 bridgehead atoms. The van der Waals surface area contributed by atoms with E-state index in [4.69, 9.17) is 9.47 Å². The number of hydrogen-bond donors (Lipinski definition) is 1. The van der Waals surface area contributed by atoms with Gasteiger partial charge in [0.15, 0.2) is 0 Å². The number of pyridine rings is 1. The predicted octanol–water partition coefficient (Wildman–Crippen LogP) is 4.44. The predicted molar refractivity (Wildman–Crippen MR) is 130 cm³/mol. The maximum atomic E-state index is 13.4. The molecular weight excluding hydrogens is 416 g/mol. The highest BCUT2D eigenvalue weighted by Gasteiger charge is 2.15. The SMILES string of the molecule is COc1ccc2cc(CCc3ccccc3)c(=O)n(CC(=O)Nc3ccccc3OC)c2c1. The van der Waals surface area contributed by atoms with Crippen LogP contribution in [-0.2, 0) is 24.2 Å². The fourth-order valence-electron chi connectivity index (χ4n) is 3.88. The summed E-state index contributed by atoms with van der Waals surface area (Å²) in [6.45, 7) is -0.125. The van der Waals surface area contributed by atoms with E-state index in [1.54, 1.807) is 32.4 Å². The van der Waals surface area contributed by atoms with Crippen molar-refractivity contribution in [1.29, 1.82) is 0 Å². The number of benzene rings is 3. The zero-order chi connectivity index (χ0) is 23.2. The Bertz CT molecular complexity index is 1330. The van der Waals surface area contributed by atoms with Crippen LogP contribution >= 0.6 is 0 Å². The van der Waals surface area contributed by atoms with Crippen LogP contribution in [0.15, 0.2) is 83.7 Å². The summed E-state index contributed by atoms with van der Waals surface area (Å²) in [5.74, 6) is 0.866. The van der Waals surface area contributed by atoms with Gasteiger partial charge in [0, 0.05) is 11.6 Å². The number of aryl methyl sites for hydroxylation is 2. The minimum Gasteiger partial charge on any atom is -0.497 e. The number of ether oxygens (including phenoxy) is 2. The van der Waals surface area contributed by atoms with E-state index in [2.05, 4.69) is 5.32 Å². The summed E-state index contributed by atoms with van der Waals surface area (Å²) in [5, 5.41) is 3.73. The van der Waals surface area contributed by atoms with Crippen LogP contribution in [0.1, 0.15) is 11.1 Å². The van der Waals surface area contributed by atoms with E-state index in [0.717, 1.165) is 17.4 Å². The lowest BCUT2D eigenvalue weighted by Crippen LogP contribution is -2.30. The number of hydrogen-bond acceptors (Lipinski definition) is 4. The van der Waals surface area contributed by atoms with Gasteiger partial charge >= 0.3 is 0 Å². The second-order valence-corrected chi connectivity index (χ2v) is 7.72. The Kier molecular flexibility index (Phi) is 6.74. The third kappa shape index (κ3) is 5.06. The number of para-hydroxylation sites is 2. The Morgan fingerprint density at radius 3 is 2.39 bits per heavy atom. The van der Waals surface area contributed by atoms with Gasteiger partial charge in [0.1, 0.15) is 18.0 Å². The zero-order valence-corrected chi connectivity index (χ0v) is 18.7. The van der Waals surface area contributed by atoms with Crippen molar-refractivity contribution < 1.29 is 14.3 Å². The largest absolute Gasteiger partial charge is 0.497 e. The van der Waals surface area contributed by atoms with E-state index in [0.29, 0.717) is 34.7 Å². The van der Waals surface area contributed by atoms with Crippen LogP contribution in [0, 0.1) is 0 Å². The summed E-state index contributed by atoms with van der Waals surface area (Å²) in [5.41, 5.74) is 2.86. The van der Waals surface area contributed by atoms with Crippen LogP contribution in [0.3, 0.4) is 0 Å². The standard InChI is InChI=1S/C27H26N2O4/c1-32-22-15-14-20-16-21(13-12-19-8-4-3-5-9-19)27(31)29(24(20)17-22)18-26(30)28-23-10-6-7-11-25(23)33-2/h3-11,14-17H,12-13,18H2,1-2H3,(H,28,30). The topological polar surface area (TPSA) is 69.6 Å². The molecule has 0 aliphatic heterocycles. The van der Waals surface area contributed by atoms with Crippen molar-refractivity contribution in [2.24, 2.45) is 0 Å². The van der Waals surface area contributed by atoms with Crippen molar-refractivity contribution in [3.63, 3.8) is 0 Å². The van der Waals surface area contributed by atoms with Gasteiger partial charge in [0.25, 0.3) is 5.56 Å². The van der Waals surface area contributed by atoms with E-state index in [9.17, 15) is 9.59 Å². The first-order valence-corrected chi connectivity index (χ1v) is 10.8. The van der Waals surface area contributed by atoms with Crippen LogP contribution in [0.25, 0.3) is 10.9 Å². The van der Waals surface area contributed by atoms with E-state index >= 15 is 0 Å². The van der Waals surface area contributed by atoms with E-state index in [1.165, 1.54) is 4.57 Å². The summed E-state index contributed by atoms with van der Waals surface area (Å²) >= 11 is 0. The molecule has 168 valence electrons. The van der Waals surface area contributed by atoms with Crippen LogP contribution < -0.4 is 20.3 Å².